The highest BCUT2D eigenvalue weighted by molar-refractivity contribution is 6.31. The van der Waals surface area contributed by atoms with Crippen LogP contribution in [0, 0.1) is 0 Å². The van der Waals surface area contributed by atoms with Crippen LogP contribution in [-0.2, 0) is 12.0 Å². The number of nitrogens with zero attached hydrogens (tertiary/aromatic N) is 5. The predicted molar refractivity (Wildman–Crippen MR) is 284 cm³/mol. The molecule has 11 heteroatoms. The van der Waals surface area contributed by atoms with E-state index in [1.165, 1.54) is 22.3 Å². The van der Waals surface area contributed by atoms with Crippen LogP contribution in [0.15, 0.2) is 169 Å². The van der Waals surface area contributed by atoms with Crippen LogP contribution in [0.1, 0.15) is 62.9 Å². The molecule has 342 valence electrons. The summed E-state index contributed by atoms with van der Waals surface area (Å²) in [5.41, 5.74) is 12.3. The second-order valence-electron chi connectivity index (χ2n) is 17.7. The Balaban J connectivity index is 0.000000212. The van der Waals surface area contributed by atoms with E-state index in [1.54, 1.807) is 0 Å². The molecule has 1 N–H and O–H groups in total. The van der Waals surface area contributed by atoms with Crippen molar-refractivity contribution in [3.63, 3.8) is 0 Å². The molecule has 0 saturated carbocycles. The fourth-order valence-electron chi connectivity index (χ4n) is 8.33. The number of hydrogen-bond acceptors (Lipinski definition) is 5. The highest BCUT2D eigenvalue weighted by atomic mass is 35.5. The van der Waals surface area contributed by atoms with Gasteiger partial charge in [0.25, 0.3) is 0 Å². The first-order valence-electron chi connectivity index (χ1n) is 22.0. The molecule has 3 aliphatic rings. The fraction of sp³-hybridized carbons (Fsp3) is 0.236. The molecule has 0 radical (unpaired) electrons. The number of rotatable bonds is 9. The van der Waals surface area contributed by atoms with Gasteiger partial charge >= 0.3 is 0 Å². The first-order valence-corrected chi connectivity index (χ1v) is 23.2. The maximum atomic E-state index is 6.17. The quantitative estimate of drug-likeness (QED) is 0.146. The third-order valence-corrected chi connectivity index (χ3v) is 12.4. The Morgan fingerprint density at radius 2 is 1.20 bits per heavy atom. The number of piperazine rings is 1. The van der Waals surface area contributed by atoms with Crippen LogP contribution in [0.5, 0.6) is 0 Å². The summed E-state index contributed by atoms with van der Waals surface area (Å²) in [7, 11) is 0. The summed E-state index contributed by atoms with van der Waals surface area (Å²) in [5, 5.41) is 6.55. The number of para-hydroxylation sites is 2. The SMILES string of the molecule is CC(C)(C)c1ccc(CN2CCN(C(c3ccccc3)c3ccc(Cl)cc3)CC2)cc1.CC(C)/N=c1\cc2n(-c3ccc(Cl)cc3)c3ccccc3nc-2cc1Nc1ccc(Cl)cc1.Cl.Cl. The van der Waals surface area contributed by atoms with E-state index in [0.717, 1.165) is 82.6 Å². The van der Waals surface area contributed by atoms with Gasteiger partial charge in [-0.3, -0.25) is 14.8 Å². The summed E-state index contributed by atoms with van der Waals surface area (Å²) in [6.45, 7) is 16.3. The zero-order valence-corrected chi connectivity index (χ0v) is 41.9. The molecule has 1 fully saturated rings. The Morgan fingerprint density at radius 1 is 0.636 bits per heavy atom. The van der Waals surface area contributed by atoms with Gasteiger partial charge in [0.1, 0.15) is 0 Å². The van der Waals surface area contributed by atoms with Gasteiger partial charge in [0, 0.05) is 65.2 Å². The number of aromatic nitrogens is 2. The molecule has 1 saturated heterocycles. The van der Waals surface area contributed by atoms with Crippen molar-refractivity contribution in [2.75, 3.05) is 31.5 Å². The van der Waals surface area contributed by atoms with Gasteiger partial charge in [-0.15, -0.1) is 24.8 Å². The van der Waals surface area contributed by atoms with Gasteiger partial charge in [-0.05, 0) is 126 Å². The Morgan fingerprint density at radius 3 is 1.80 bits per heavy atom. The van der Waals surface area contributed by atoms with Crippen molar-refractivity contribution in [3.05, 3.63) is 206 Å². The summed E-state index contributed by atoms with van der Waals surface area (Å²) >= 11 is 18.4. The van der Waals surface area contributed by atoms with E-state index in [0.29, 0.717) is 10.0 Å². The summed E-state index contributed by atoms with van der Waals surface area (Å²) in [5.74, 6) is 0. The normalized spacial score (nSPS) is 14.0. The van der Waals surface area contributed by atoms with Gasteiger partial charge in [0.2, 0.25) is 0 Å². The third kappa shape index (κ3) is 12.6. The van der Waals surface area contributed by atoms with Gasteiger partial charge in [-0.2, -0.15) is 0 Å². The van der Waals surface area contributed by atoms with Crippen molar-refractivity contribution in [1.29, 1.82) is 0 Å². The lowest BCUT2D eigenvalue weighted by molar-refractivity contribution is 0.105. The topological polar surface area (TPSA) is 48.7 Å². The number of benzene rings is 7. The van der Waals surface area contributed by atoms with E-state index in [1.807, 2.05) is 78.9 Å². The summed E-state index contributed by atoms with van der Waals surface area (Å²) in [6, 6.07) is 56.5. The zero-order chi connectivity index (χ0) is 44.8. The maximum absolute atomic E-state index is 6.17. The number of nitrogens with one attached hydrogen (secondary N) is 1. The first kappa shape index (κ1) is 50.5. The van der Waals surface area contributed by atoms with Crippen molar-refractivity contribution in [3.8, 4) is 17.1 Å². The summed E-state index contributed by atoms with van der Waals surface area (Å²) in [6.07, 6.45) is 0. The van der Waals surface area contributed by atoms with E-state index < -0.39 is 0 Å². The maximum Gasteiger partial charge on any atom is 0.0900 e. The number of hydrogen-bond donors (Lipinski definition) is 1. The average Bonchev–Trinajstić information content (AvgIpc) is 3.29. The van der Waals surface area contributed by atoms with Gasteiger partial charge < -0.3 is 9.88 Å². The molecule has 0 spiro atoms. The fourth-order valence-corrected chi connectivity index (χ4v) is 8.70. The van der Waals surface area contributed by atoms with E-state index in [2.05, 4.69) is 139 Å². The lowest BCUT2D eigenvalue weighted by Gasteiger charge is -2.40. The lowest BCUT2D eigenvalue weighted by atomic mass is 9.87. The van der Waals surface area contributed by atoms with Crippen molar-refractivity contribution < 1.29 is 0 Å². The summed E-state index contributed by atoms with van der Waals surface area (Å²) < 4.78 is 2.21. The third-order valence-electron chi connectivity index (χ3n) is 11.6. The second kappa shape index (κ2) is 22.7. The molecule has 0 aromatic heterocycles. The van der Waals surface area contributed by atoms with Gasteiger partial charge in [0.15, 0.2) is 0 Å². The van der Waals surface area contributed by atoms with Crippen LogP contribution in [0.3, 0.4) is 0 Å². The van der Waals surface area contributed by atoms with Crippen molar-refractivity contribution in [2.45, 2.75) is 58.7 Å². The Labute approximate surface area is 417 Å². The standard InChI is InChI=1S/C28H33ClN2.C27H22Cl2N4.2ClH/c1-28(2,3)25-13-9-22(10-14-25)21-30-17-19-31(20-18-30)27(23-7-5-4-6-8-23)24-11-15-26(29)16-12-24;1-17(2)30-24-16-27-25(15-23(24)31-20-11-7-18(28)8-12-20)32-22-5-3-4-6-26(22)33(27)21-13-9-19(29)10-14-21;;/h4-16,27H,17-21H2,1-3H3;3-17,31H,1-2H3;2*1H/b;30-24+;;. The van der Waals surface area contributed by atoms with Crippen molar-refractivity contribution in [1.82, 2.24) is 19.4 Å². The van der Waals surface area contributed by atoms with Crippen molar-refractivity contribution in [2.24, 2.45) is 4.99 Å². The number of anilines is 2. The van der Waals surface area contributed by atoms with E-state index in [9.17, 15) is 0 Å². The highest BCUT2D eigenvalue weighted by Gasteiger charge is 2.27. The van der Waals surface area contributed by atoms with E-state index >= 15 is 0 Å². The number of halogens is 5. The van der Waals surface area contributed by atoms with Crippen LogP contribution in [0.4, 0.5) is 11.4 Å². The molecule has 2 aliphatic heterocycles. The molecule has 1 aliphatic carbocycles. The Kier molecular flexibility index (Phi) is 17.4. The van der Waals surface area contributed by atoms with Crippen LogP contribution in [0.25, 0.3) is 28.1 Å². The summed E-state index contributed by atoms with van der Waals surface area (Å²) in [4.78, 5) is 15.1. The van der Waals surface area contributed by atoms with Gasteiger partial charge in [-0.1, -0.05) is 134 Å². The molecular formula is C55H57Cl5N6. The predicted octanol–water partition coefficient (Wildman–Crippen LogP) is 14.9. The first-order chi connectivity index (χ1) is 30.9. The minimum Gasteiger partial charge on any atom is -0.354 e. The smallest absolute Gasteiger partial charge is 0.0900 e. The largest absolute Gasteiger partial charge is 0.354 e. The molecule has 66 heavy (non-hydrogen) atoms. The molecule has 6 aromatic carbocycles. The number of fused-ring (bicyclic) bond motifs is 2. The molecule has 6 aromatic rings. The van der Waals surface area contributed by atoms with Crippen molar-refractivity contribution >= 4 is 82.0 Å². The monoisotopic (exact) mass is 976 g/mol. The van der Waals surface area contributed by atoms with Gasteiger partial charge in [-0.25, -0.2) is 4.98 Å². The molecule has 2 heterocycles. The molecular weight excluding hydrogens is 922 g/mol. The van der Waals surface area contributed by atoms with Crippen LogP contribution < -0.4 is 10.7 Å². The Hall–Kier alpha value is -4.89. The molecule has 0 amide bonds. The molecule has 1 unspecified atom stereocenters. The van der Waals surface area contributed by atoms with Gasteiger partial charge in [0.05, 0.1) is 39.5 Å². The molecule has 6 nitrogen and oxygen atoms in total. The molecule has 1 atom stereocenters. The van der Waals surface area contributed by atoms with Crippen LogP contribution in [-0.4, -0.2) is 51.6 Å². The zero-order valence-electron chi connectivity index (χ0n) is 38.0. The van der Waals surface area contributed by atoms with E-state index in [-0.39, 0.29) is 42.3 Å². The Bertz CT molecular complexity index is 2820. The van der Waals surface area contributed by atoms with Crippen LogP contribution in [0.2, 0.25) is 15.1 Å². The lowest BCUT2D eigenvalue weighted by Crippen LogP contribution is -2.47. The minimum absolute atomic E-state index is 0. The van der Waals surface area contributed by atoms with E-state index in [4.69, 9.17) is 44.8 Å². The molecule has 0 bridgehead atoms. The van der Waals surface area contributed by atoms with Crippen LogP contribution >= 0.6 is 59.6 Å². The minimum atomic E-state index is 0. The second-order valence-corrected chi connectivity index (χ2v) is 19.1. The average molecular weight is 979 g/mol. The highest BCUT2D eigenvalue weighted by Crippen LogP contribution is 2.33. The molecule has 9 rings (SSSR count).